The second kappa shape index (κ2) is 9.77. The predicted octanol–water partition coefficient (Wildman–Crippen LogP) is 3.13. The molecule has 3 N–H and O–H groups in total. The van der Waals surface area contributed by atoms with Crippen molar-refractivity contribution in [2.45, 2.75) is 36.5 Å². The van der Waals surface area contributed by atoms with Gasteiger partial charge in [-0.05, 0) is 44.4 Å². The zero-order chi connectivity index (χ0) is 21.8. The Morgan fingerprint density at radius 3 is 2.55 bits per heavy atom. The number of aliphatic hydroxyl groups is 1. The van der Waals surface area contributed by atoms with Crippen LogP contribution in [0.5, 0.6) is 0 Å². The molecule has 0 amide bonds. The molecule has 0 radical (unpaired) electrons. The fraction of sp³-hybridized carbons (Fsp3) is 0.500. The highest BCUT2D eigenvalue weighted by atomic mass is 32.2. The minimum absolute atomic E-state index is 0.0277. The Morgan fingerprint density at radius 2 is 2.03 bits per heavy atom. The first-order chi connectivity index (χ1) is 13.6. The van der Waals surface area contributed by atoms with Gasteiger partial charge in [0.2, 0.25) is 5.78 Å². The molecule has 0 heterocycles. The number of allylic oxidation sites excluding steroid dienone is 1. The smallest absolute Gasteiger partial charge is 0.200 e. The number of benzene rings is 1. The minimum atomic E-state index is -3.49. The molecule has 0 saturated heterocycles. The topological polar surface area (TPSA) is 117 Å². The second-order valence-corrected chi connectivity index (χ2v) is 9.96. The molecule has 1 aromatic carbocycles. The molecule has 1 aliphatic rings. The van der Waals surface area contributed by atoms with E-state index in [0.717, 1.165) is 19.1 Å². The lowest BCUT2D eigenvalue weighted by Gasteiger charge is -2.17. The number of ether oxygens (including phenoxy) is 1. The zero-order valence-electron chi connectivity index (χ0n) is 17.2. The maximum atomic E-state index is 13.2. The first kappa shape index (κ1) is 23.4. The van der Waals surface area contributed by atoms with E-state index in [-0.39, 0.29) is 33.5 Å². The number of rotatable bonds is 11. The van der Waals surface area contributed by atoms with E-state index in [0.29, 0.717) is 29.4 Å². The number of Topliss-reactive ketones (excluding diaryl/α,β-unsaturated/α-hetero) is 1. The Hall–Kier alpha value is -1.84. The van der Waals surface area contributed by atoms with Crippen molar-refractivity contribution in [2.75, 3.05) is 32.3 Å². The van der Waals surface area contributed by atoms with Crippen molar-refractivity contribution in [3.05, 3.63) is 34.7 Å². The molecule has 9 heteroatoms. The molecule has 0 aliphatic heterocycles. The van der Waals surface area contributed by atoms with Gasteiger partial charge in [0.05, 0.1) is 17.2 Å². The van der Waals surface area contributed by atoms with Gasteiger partial charge in [-0.2, -0.15) is 0 Å². The van der Waals surface area contributed by atoms with Crippen LogP contribution in [0, 0.1) is 18.3 Å². The van der Waals surface area contributed by atoms with Gasteiger partial charge in [-0.1, -0.05) is 0 Å². The third-order valence-corrected chi connectivity index (χ3v) is 7.10. The van der Waals surface area contributed by atoms with Crippen LogP contribution >= 0.6 is 11.8 Å². The van der Waals surface area contributed by atoms with Gasteiger partial charge in [-0.25, -0.2) is 8.42 Å². The van der Waals surface area contributed by atoms with Crippen molar-refractivity contribution >= 4 is 33.1 Å². The van der Waals surface area contributed by atoms with Crippen LogP contribution in [0.25, 0.3) is 0 Å². The number of ketones is 1. The first-order valence-electron chi connectivity index (χ1n) is 9.42. The quantitative estimate of drug-likeness (QED) is 0.121. The van der Waals surface area contributed by atoms with E-state index in [1.807, 2.05) is 6.92 Å². The van der Waals surface area contributed by atoms with Crippen molar-refractivity contribution in [3.8, 4) is 0 Å². The van der Waals surface area contributed by atoms with Crippen molar-refractivity contribution < 1.29 is 23.1 Å². The maximum Gasteiger partial charge on any atom is 0.200 e. The third-order valence-electron chi connectivity index (χ3n) is 4.65. The molecular formula is C20H28N2O5S2. The molecule has 1 aromatic rings. The fourth-order valence-electron chi connectivity index (χ4n) is 2.92. The van der Waals surface area contributed by atoms with E-state index in [1.165, 1.54) is 30.9 Å². The number of sulfone groups is 1. The summed E-state index contributed by atoms with van der Waals surface area (Å²) >= 11 is 1.32. The van der Waals surface area contributed by atoms with Crippen LogP contribution in [-0.2, 0) is 14.6 Å². The average Bonchev–Trinajstić information content (AvgIpc) is 3.50. The SMILES string of the molecule is CCOCCSc1c(S(C)(=O)=O)ccc(C(=O)/C(C(=N)C2CC2)=C(\O)NC)c1C. The summed E-state index contributed by atoms with van der Waals surface area (Å²) < 4.78 is 29.8. The number of hydrogen-bond donors (Lipinski definition) is 3. The highest BCUT2D eigenvalue weighted by molar-refractivity contribution is 8.00. The Balaban J connectivity index is 2.51. The minimum Gasteiger partial charge on any atom is -0.494 e. The molecule has 1 aliphatic carbocycles. The first-order valence-corrected chi connectivity index (χ1v) is 12.3. The molecule has 160 valence electrons. The van der Waals surface area contributed by atoms with Crippen LogP contribution in [0.1, 0.15) is 35.7 Å². The molecule has 0 atom stereocenters. The van der Waals surface area contributed by atoms with Crippen molar-refractivity contribution in [1.82, 2.24) is 5.32 Å². The second-order valence-electron chi connectivity index (χ2n) is 6.87. The number of nitrogens with one attached hydrogen (secondary N) is 2. The van der Waals surface area contributed by atoms with Gasteiger partial charge in [0.1, 0.15) is 5.57 Å². The molecule has 1 saturated carbocycles. The highest BCUT2D eigenvalue weighted by Gasteiger charge is 2.34. The maximum absolute atomic E-state index is 13.2. The summed E-state index contributed by atoms with van der Waals surface area (Å²) in [5.74, 6) is -0.320. The molecule has 7 nitrogen and oxygen atoms in total. The summed E-state index contributed by atoms with van der Waals surface area (Å²) in [4.78, 5) is 13.9. The van der Waals surface area contributed by atoms with Crippen LogP contribution in [0.2, 0.25) is 0 Å². The largest absolute Gasteiger partial charge is 0.494 e. The Kier molecular flexibility index (Phi) is 7.90. The summed E-state index contributed by atoms with van der Waals surface area (Å²) in [6.07, 6.45) is 2.77. The lowest BCUT2D eigenvalue weighted by Crippen LogP contribution is -2.23. The number of carbonyl (C=O) groups is 1. The normalized spacial score (nSPS) is 15.0. The number of thioether (sulfide) groups is 1. The monoisotopic (exact) mass is 440 g/mol. The van der Waals surface area contributed by atoms with Crippen molar-refractivity contribution in [1.29, 1.82) is 5.41 Å². The highest BCUT2D eigenvalue weighted by Crippen LogP contribution is 2.36. The molecule has 29 heavy (non-hydrogen) atoms. The molecular weight excluding hydrogens is 412 g/mol. The number of hydrogen-bond acceptors (Lipinski definition) is 8. The van der Waals surface area contributed by atoms with Crippen LogP contribution < -0.4 is 5.32 Å². The van der Waals surface area contributed by atoms with E-state index in [9.17, 15) is 18.3 Å². The van der Waals surface area contributed by atoms with E-state index in [4.69, 9.17) is 10.1 Å². The third kappa shape index (κ3) is 5.61. The summed E-state index contributed by atoms with van der Waals surface area (Å²) in [6.45, 7) is 4.60. The summed E-state index contributed by atoms with van der Waals surface area (Å²) in [6, 6.07) is 2.89. The van der Waals surface area contributed by atoms with Crippen molar-refractivity contribution in [3.63, 3.8) is 0 Å². The Morgan fingerprint density at radius 1 is 1.38 bits per heavy atom. The van der Waals surface area contributed by atoms with Gasteiger partial charge in [0.15, 0.2) is 15.7 Å². The lowest BCUT2D eigenvalue weighted by atomic mass is 9.94. The lowest BCUT2D eigenvalue weighted by molar-refractivity contribution is 0.103. The van der Waals surface area contributed by atoms with E-state index in [2.05, 4.69) is 5.32 Å². The summed E-state index contributed by atoms with van der Waals surface area (Å²) in [5, 5.41) is 21.1. The molecule has 1 fully saturated rings. The summed E-state index contributed by atoms with van der Waals surface area (Å²) in [5.41, 5.74) is 0.845. The van der Waals surface area contributed by atoms with Gasteiger partial charge in [0, 0.05) is 42.0 Å². The van der Waals surface area contributed by atoms with Gasteiger partial charge in [0.25, 0.3) is 0 Å². The van der Waals surface area contributed by atoms with E-state index < -0.39 is 15.6 Å². The van der Waals surface area contributed by atoms with Gasteiger partial charge in [-0.15, -0.1) is 11.8 Å². The average molecular weight is 441 g/mol. The molecule has 0 unspecified atom stereocenters. The number of carbonyl (C=O) groups excluding carboxylic acids is 1. The molecule has 0 spiro atoms. The van der Waals surface area contributed by atoms with Crippen molar-refractivity contribution in [2.24, 2.45) is 5.92 Å². The zero-order valence-corrected chi connectivity index (χ0v) is 18.8. The van der Waals surface area contributed by atoms with Crippen LogP contribution in [0.3, 0.4) is 0 Å². The van der Waals surface area contributed by atoms with Gasteiger partial charge < -0.3 is 20.6 Å². The van der Waals surface area contributed by atoms with Crippen LogP contribution in [-0.4, -0.2) is 57.3 Å². The van der Waals surface area contributed by atoms with Gasteiger partial charge >= 0.3 is 0 Å². The molecule has 2 rings (SSSR count). The fourth-order valence-corrected chi connectivity index (χ4v) is 5.30. The summed E-state index contributed by atoms with van der Waals surface area (Å²) in [7, 11) is -2.01. The van der Waals surface area contributed by atoms with E-state index in [1.54, 1.807) is 6.92 Å². The Labute approximate surface area is 176 Å². The predicted molar refractivity (Wildman–Crippen MR) is 115 cm³/mol. The van der Waals surface area contributed by atoms with Crippen LogP contribution in [0.15, 0.2) is 33.4 Å². The number of aliphatic hydroxyl groups excluding tert-OH is 1. The van der Waals surface area contributed by atoms with Crippen LogP contribution in [0.4, 0.5) is 0 Å². The molecule has 0 aromatic heterocycles. The van der Waals surface area contributed by atoms with E-state index >= 15 is 0 Å². The van der Waals surface area contributed by atoms with Gasteiger partial charge in [-0.3, -0.25) is 4.79 Å². The standard InChI is InChI=1S/C20H28N2O5S2/c1-5-27-10-11-28-19-12(2)14(8-9-15(19)29(4,25)26)18(23)16(20(24)22-3)17(21)13-6-7-13/h8-9,13,21-22,24H,5-7,10-11H2,1-4H3/b20-16-,21-17?. The Bertz CT molecular complexity index is 934. The molecule has 0 bridgehead atoms.